The molecule has 6 heteroatoms. The molecule has 1 aromatic carbocycles. The third kappa shape index (κ3) is 3.23. The van der Waals surface area contributed by atoms with Crippen LogP contribution in [0.15, 0.2) is 30.3 Å². The molecule has 1 aliphatic heterocycles. The number of alkyl carbamates (subject to hydrolysis) is 1. The number of benzene rings is 1. The van der Waals surface area contributed by atoms with Crippen molar-refractivity contribution in [2.75, 3.05) is 0 Å². The number of nitrogens with one attached hydrogen (secondary N) is 3. The second kappa shape index (κ2) is 5.27. The van der Waals surface area contributed by atoms with E-state index in [1.54, 1.807) is 0 Å². The Balaban J connectivity index is 1.86. The highest BCUT2D eigenvalue weighted by atomic mass is 16.5. The zero-order chi connectivity index (χ0) is 13.9. The summed E-state index contributed by atoms with van der Waals surface area (Å²) in [6, 6.07) is 8.70. The Kier molecular flexibility index (Phi) is 3.71. The Morgan fingerprint density at radius 2 is 2.05 bits per heavy atom. The van der Waals surface area contributed by atoms with Crippen molar-refractivity contribution >= 4 is 12.0 Å². The van der Waals surface area contributed by atoms with Crippen LogP contribution in [0, 0.1) is 0 Å². The van der Waals surface area contributed by atoms with Gasteiger partial charge >= 0.3 is 6.09 Å². The average molecular weight is 263 g/mol. The predicted molar refractivity (Wildman–Crippen MR) is 68.9 cm³/mol. The molecule has 1 aromatic rings. The predicted octanol–water partition coefficient (Wildman–Crippen LogP) is 0.694. The molecule has 0 spiro atoms. The highest BCUT2D eigenvalue weighted by molar-refractivity contribution is 5.88. The molecule has 0 bridgehead atoms. The number of hydrogen-bond acceptors (Lipinski definition) is 4. The minimum atomic E-state index is -0.657. The molecule has 1 unspecified atom stereocenters. The Bertz CT molecular complexity index is 473. The van der Waals surface area contributed by atoms with Crippen LogP contribution < -0.4 is 16.2 Å². The van der Waals surface area contributed by atoms with Gasteiger partial charge in [-0.2, -0.15) is 0 Å². The van der Waals surface area contributed by atoms with Gasteiger partial charge in [0, 0.05) is 0 Å². The van der Waals surface area contributed by atoms with E-state index in [1.807, 2.05) is 44.2 Å². The van der Waals surface area contributed by atoms with Gasteiger partial charge in [0.15, 0.2) is 0 Å². The van der Waals surface area contributed by atoms with E-state index >= 15 is 0 Å². The number of hydrogen-bond donors (Lipinski definition) is 3. The van der Waals surface area contributed by atoms with Crippen molar-refractivity contribution in [1.29, 1.82) is 0 Å². The molecule has 1 fully saturated rings. The van der Waals surface area contributed by atoms with E-state index in [-0.39, 0.29) is 12.5 Å². The van der Waals surface area contributed by atoms with E-state index in [2.05, 4.69) is 16.2 Å². The quantitative estimate of drug-likeness (QED) is 0.750. The molecule has 19 heavy (non-hydrogen) atoms. The maximum atomic E-state index is 11.7. The second-order valence-corrected chi connectivity index (χ2v) is 4.98. The van der Waals surface area contributed by atoms with Crippen LogP contribution in [0.4, 0.5) is 4.79 Å². The minimum absolute atomic E-state index is 0.175. The first-order valence-corrected chi connectivity index (χ1v) is 6.03. The fraction of sp³-hybridized carbons (Fsp3) is 0.385. The van der Waals surface area contributed by atoms with Crippen molar-refractivity contribution in [3.63, 3.8) is 0 Å². The van der Waals surface area contributed by atoms with E-state index in [4.69, 9.17) is 4.74 Å². The Morgan fingerprint density at radius 3 is 2.63 bits per heavy atom. The van der Waals surface area contributed by atoms with Gasteiger partial charge in [0.05, 0.1) is 5.54 Å². The summed E-state index contributed by atoms with van der Waals surface area (Å²) in [7, 11) is 0. The molecular weight excluding hydrogens is 246 g/mol. The van der Waals surface area contributed by atoms with Crippen LogP contribution >= 0.6 is 0 Å². The highest BCUT2D eigenvalue weighted by Crippen LogP contribution is 2.13. The van der Waals surface area contributed by atoms with Gasteiger partial charge in [-0.05, 0) is 19.4 Å². The van der Waals surface area contributed by atoms with E-state index in [9.17, 15) is 9.59 Å². The van der Waals surface area contributed by atoms with Crippen molar-refractivity contribution in [3.8, 4) is 0 Å². The van der Waals surface area contributed by atoms with Gasteiger partial charge in [-0.1, -0.05) is 30.3 Å². The Morgan fingerprint density at radius 1 is 1.37 bits per heavy atom. The summed E-state index contributed by atoms with van der Waals surface area (Å²) in [5, 5.41) is 2.55. The summed E-state index contributed by atoms with van der Waals surface area (Å²) in [6.45, 7) is 3.80. The SMILES string of the molecule is CC1(C)NNC(=O)C1NC(=O)OCc1ccccc1. The topological polar surface area (TPSA) is 79.5 Å². The summed E-state index contributed by atoms with van der Waals surface area (Å²) in [5.74, 6) is -0.276. The monoisotopic (exact) mass is 263 g/mol. The summed E-state index contributed by atoms with van der Waals surface area (Å²) in [4.78, 5) is 23.2. The van der Waals surface area contributed by atoms with Gasteiger partial charge < -0.3 is 10.1 Å². The first-order valence-electron chi connectivity index (χ1n) is 6.03. The first-order chi connectivity index (χ1) is 8.99. The molecule has 6 nitrogen and oxygen atoms in total. The first kappa shape index (κ1) is 13.4. The van der Waals surface area contributed by atoms with Crippen molar-refractivity contribution in [1.82, 2.24) is 16.2 Å². The molecule has 1 saturated heterocycles. The molecular formula is C13H17N3O3. The fourth-order valence-electron chi connectivity index (χ4n) is 1.82. The van der Waals surface area contributed by atoms with Gasteiger partial charge in [0.2, 0.25) is 0 Å². The number of ether oxygens (including phenoxy) is 1. The molecule has 3 N–H and O–H groups in total. The molecule has 1 atom stereocenters. The zero-order valence-electron chi connectivity index (χ0n) is 10.9. The van der Waals surface area contributed by atoms with Crippen LogP contribution in [0.3, 0.4) is 0 Å². The van der Waals surface area contributed by atoms with Crippen LogP contribution in [0.1, 0.15) is 19.4 Å². The number of rotatable bonds is 3. The lowest BCUT2D eigenvalue weighted by atomic mass is 9.97. The minimum Gasteiger partial charge on any atom is -0.445 e. The Labute approximate surface area is 111 Å². The lowest BCUT2D eigenvalue weighted by molar-refractivity contribution is -0.121. The maximum absolute atomic E-state index is 11.7. The second-order valence-electron chi connectivity index (χ2n) is 4.98. The van der Waals surface area contributed by atoms with Crippen LogP contribution in [-0.4, -0.2) is 23.6 Å². The Hall–Kier alpha value is -2.08. The summed E-state index contributed by atoms with van der Waals surface area (Å²) >= 11 is 0. The molecule has 0 radical (unpaired) electrons. The number of carbonyl (C=O) groups is 2. The standard InChI is InChI=1S/C13H17N3O3/c1-13(2)10(11(17)15-16-13)14-12(18)19-8-9-6-4-3-5-7-9/h3-7,10,16H,8H2,1-2H3,(H,14,18)(H,15,17). The van der Waals surface area contributed by atoms with Crippen LogP contribution in [0.5, 0.6) is 0 Å². The molecule has 2 amide bonds. The molecule has 0 saturated carbocycles. The van der Waals surface area contributed by atoms with E-state index in [1.165, 1.54) is 0 Å². The largest absolute Gasteiger partial charge is 0.445 e. The van der Waals surface area contributed by atoms with Gasteiger partial charge in [0.25, 0.3) is 5.91 Å². The van der Waals surface area contributed by atoms with Crippen LogP contribution in [0.25, 0.3) is 0 Å². The molecule has 2 rings (SSSR count). The third-order valence-corrected chi connectivity index (χ3v) is 2.97. The van der Waals surface area contributed by atoms with E-state index < -0.39 is 17.7 Å². The number of carbonyl (C=O) groups excluding carboxylic acids is 2. The van der Waals surface area contributed by atoms with E-state index in [0.717, 1.165) is 5.56 Å². The van der Waals surface area contributed by atoms with Gasteiger partial charge in [0.1, 0.15) is 12.6 Å². The van der Waals surface area contributed by atoms with Crippen molar-refractivity contribution < 1.29 is 14.3 Å². The van der Waals surface area contributed by atoms with Crippen LogP contribution in [-0.2, 0) is 16.1 Å². The lowest BCUT2D eigenvalue weighted by Crippen LogP contribution is -2.53. The molecule has 1 aliphatic rings. The number of amides is 2. The smallest absolute Gasteiger partial charge is 0.408 e. The number of hydrazine groups is 1. The molecule has 1 heterocycles. The zero-order valence-corrected chi connectivity index (χ0v) is 10.9. The lowest BCUT2D eigenvalue weighted by Gasteiger charge is -2.23. The third-order valence-electron chi connectivity index (χ3n) is 2.97. The highest BCUT2D eigenvalue weighted by Gasteiger charge is 2.42. The summed E-state index contributed by atoms with van der Waals surface area (Å²) in [6.07, 6.45) is -0.610. The van der Waals surface area contributed by atoms with Gasteiger partial charge in [-0.25, -0.2) is 10.2 Å². The van der Waals surface area contributed by atoms with Crippen molar-refractivity contribution in [2.45, 2.75) is 32.0 Å². The van der Waals surface area contributed by atoms with Crippen molar-refractivity contribution in [3.05, 3.63) is 35.9 Å². The van der Waals surface area contributed by atoms with Gasteiger partial charge in [-0.3, -0.25) is 10.2 Å². The molecule has 102 valence electrons. The maximum Gasteiger partial charge on any atom is 0.408 e. The van der Waals surface area contributed by atoms with E-state index in [0.29, 0.717) is 0 Å². The van der Waals surface area contributed by atoms with Gasteiger partial charge in [-0.15, -0.1) is 0 Å². The fourth-order valence-corrected chi connectivity index (χ4v) is 1.82. The molecule has 0 aromatic heterocycles. The van der Waals surface area contributed by atoms with Crippen LogP contribution in [0.2, 0.25) is 0 Å². The molecule has 0 aliphatic carbocycles. The summed E-state index contributed by atoms with van der Waals surface area (Å²) in [5.41, 5.74) is 5.63. The van der Waals surface area contributed by atoms with Crippen molar-refractivity contribution in [2.24, 2.45) is 0 Å². The average Bonchev–Trinajstić information content (AvgIpc) is 2.65. The normalized spacial score (nSPS) is 20.7. The summed E-state index contributed by atoms with van der Waals surface area (Å²) < 4.78 is 5.07.